The van der Waals surface area contributed by atoms with Gasteiger partial charge in [-0.25, -0.2) is 17.8 Å². The van der Waals surface area contributed by atoms with Crippen LogP contribution in [-0.2, 0) is 16.4 Å². The molecular formula is C26H33ClFN5O3S2. The lowest BCUT2D eigenvalue weighted by Gasteiger charge is -2.30. The number of unbranched alkanes of at least 4 members (excludes halogenated alkanes) is 1. The molecule has 38 heavy (non-hydrogen) atoms. The van der Waals surface area contributed by atoms with E-state index in [2.05, 4.69) is 37.8 Å². The van der Waals surface area contributed by atoms with Gasteiger partial charge in [0.2, 0.25) is 0 Å². The summed E-state index contributed by atoms with van der Waals surface area (Å²) in [5.41, 5.74) is 1.70. The van der Waals surface area contributed by atoms with E-state index in [1.54, 1.807) is 12.5 Å². The molecule has 4 rings (SSSR count). The molecule has 1 aliphatic heterocycles. The molecule has 0 unspecified atom stereocenters. The fourth-order valence-corrected chi connectivity index (χ4v) is 6.78. The molecular weight excluding hydrogens is 549 g/mol. The number of nitrogens with zero attached hydrogens (tertiary/aromatic N) is 1. The van der Waals surface area contributed by atoms with E-state index >= 15 is 0 Å². The Balaban J connectivity index is 1.21. The number of halogens is 2. The van der Waals surface area contributed by atoms with E-state index in [4.69, 9.17) is 16.3 Å². The Hall–Kier alpha value is -2.44. The van der Waals surface area contributed by atoms with Gasteiger partial charge in [0, 0.05) is 30.2 Å². The molecule has 1 fully saturated rings. The molecule has 0 spiro atoms. The van der Waals surface area contributed by atoms with E-state index in [1.165, 1.54) is 18.2 Å². The van der Waals surface area contributed by atoms with Gasteiger partial charge in [-0.05, 0) is 75.0 Å². The van der Waals surface area contributed by atoms with E-state index in [0.29, 0.717) is 12.2 Å². The number of rotatable bonds is 14. The Morgan fingerprint density at radius 3 is 2.68 bits per heavy atom. The second-order valence-corrected chi connectivity index (χ2v) is 12.3. The van der Waals surface area contributed by atoms with Gasteiger partial charge in [-0.1, -0.05) is 23.7 Å². The van der Waals surface area contributed by atoms with Crippen LogP contribution < -0.4 is 25.4 Å². The Kier molecular flexibility index (Phi) is 9.83. The van der Waals surface area contributed by atoms with Crippen LogP contribution in [0.1, 0.15) is 31.2 Å². The summed E-state index contributed by atoms with van der Waals surface area (Å²) in [6, 6.07) is 10.5. The lowest BCUT2D eigenvalue weighted by Crippen LogP contribution is -2.50. The Morgan fingerprint density at radius 1 is 1.21 bits per heavy atom. The fourth-order valence-electron chi connectivity index (χ4n) is 4.61. The Morgan fingerprint density at radius 2 is 2.00 bits per heavy atom. The van der Waals surface area contributed by atoms with Crippen molar-refractivity contribution in [3.05, 3.63) is 64.4 Å². The minimum Gasteiger partial charge on any atom is -0.497 e. The molecule has 1 aliphatic rings. The number of sulfonamides is 1. The number of benzene rings is 2. The van der Waals surface area contributed by atoms with Gasteiger partial charge >= 0.3 is 0 Å². The lowest BCUT2D eigenvalue weighted by molar-refractivity contribution is 0.348. The van der Waals surface area contributed by atoms with Gasteiger partial charge < -0.3 is 20.7 Å². The molecule has 0 amide bonds. The van der Waals surface area contributed by atoms with Crippen LogP contribution in [0.3, 0.4) is 0 Å². The van der Waals surface area contributed by atoms with Crippen molar-refractivity contribution >= 4 is 43.8 Å². The first kappa shape index (κ1) is 28.6. The van der Waals surface area contributed by atoms with Crippen LogP contribution in [0.15, 0.2) is 52.9 Å². The number of hydrogen-bond donors (Lipinski definition) is 4. The van der Waals surface area contributed by atoms with Gasteiger partial charge in [0.1, 0.15) is 16.5 Å². The minimum absolute atomic E-state index is 0.0500. The molecule has 8 nitrogen and oxygen atoms in total. The van der Waals surface area contributed by atoms with Crippen molar-refractivity contribution in [3.63, 3.8) is 0 Å². The normalized spacial score (nSPS) is 17.4. The molecule has 0 radical (unpaired) electrons. The lowest BCUT2D eigenvalue weighted by atomic mass is 9.89. The summed E-state index contributed by atoms with van der Waals surface area (Å²) >= 11 is 7.37. The van der Waals surface area contributed by atoms with Crippen molar-refractivity contribution in [1.82, 2.24) is 15.6 Å². The zero-order chi connectivity index (χ0) is 27.0. The van der Waals surface area contributed by atoms with Crippen molar-refractivity contribution in [2.45, 2.75) is 42.5 Å². The highest BCUT2D eigenvalue weighted by Crippen LogP contribution is 2.30. The first-order chi connectivity index (χ1) is 18.3. The number of methoxy groups -OCH3 is 1. The maximum absolute atomic E-state index is 14.7. The molecule has 206 valence electrons. The second kappa shape index (κ2) is 13.1. The average Bonchev–Trinajstić information content (AvgIpc) is 3.58. The Labute approximate surface area is 232 Å². The summed E-state index contributed by atoms with van der Waals surface area (Å²) in [4.78, 5) is 3.35. The Bertz CT molecular complexity index is 1280. The summed E-state index contributed by atoms with van der Waals surface area (Å²) in [6.45, 7) is 3.35. The van der Waals surface area contributed by atoms with Crippen molar-refractivity contribution < 1.29 is 17.5 Å². The van der Waals surface area contributed by atoms with E-state index in [1.807, 2.05) is 12.1 Å². The monoisotopic (exact) mass is 581 g/mol. The van der Waals surface area contributed by atoms with Gasteiger partial charge in [-0.3, -0.25) is 4.72 Å². The highest BCUT2D eigenvalue weighted by atomic mass is 35.5. The van der Waals surface area contributed by atoms with Crippen LogP contribution in [0, 0.1) is 5.82 Å². The van der Waals surface area contributed by atoms with E-state index in [0.717, 1.165) is 74.5 Å². The fraction of sp³-hybridized carbons (Fsp3) is 0.423. The summed E-state index contributed by atoms with van der Waals surface area (Å²) in [7, 11) is -2.46. The third kappa shape index (κ3) is 7.57. The summed E-state index contributed by atoms with van der Waals surface area (Å²) in [6.07, 6.45) is 6.48. The smallest absolute Gasteiger partial charge is 0.266 e. The molecule has 1 aromatic heterocycles. The number of nitrogens with one attached hydrogen (secondary N) is 4. The van der Waals surface area contributed by atoms with Gasteiger partial charge in [0.05, 0.1) is 17.8 Å². The SMILES string of the molecule is COc1ccc(C[C@@]2(CNCCCCNc3cc(F)c(S(=O)(=O)Nc4nccs4)cc3Cl)CCCN2)cc1. The molecule has 3 aromatic rings. The quantitative estimate of drug-likeness (QED) is 0.201. The standard InChI is InChI=1S/C26H33ClFN5O3S2/c1-36-20-7-5-19(6-8-20)17-26(9-4-12-32-26)18-29-10-2-3-11-30-23-16-22(28)24(15-21(23)27)38(34,35)33-25-31-13-14-37-25/h5-8,13-16,29-30,32H,2-4,9-12,17-18H2,1H3,(H,31,33)/t26-/m1/s1. The first-order valence-electron chi connectivity index (χ1n) is 12.5. The predicted octanol–water partition coefficient (Wildman–Crippen LogP) is 4.89. The zero-order valence-corrected chi connectivity index (χ0v) is 23.6. The topological polar surface area (TPSA) is 104 Å². The molecule has 0 aliphatic carbocycles. The zero-order valence-electron chi connectivity index (χ0n) is 21.2. The second-order valence-electron chi connectivity index (χ2n) is 9.35. The largest absolute Gasteiger partial charge is 0.497 e. The van der Waals surface area contributed by atoms with Crippen molar-refractivity contribution in [2.24, 2.45) is 0 Å². The molecule has 1 saturated heterocycles. The van der Waals surface area contributed by atoms with Crippen molar-refractivity contribution in [2.75, 3.05) is 43.3 Å². The van der Waals surface area contributed by atoms with Crippen LogP contribution >= 0.6 is 22.9 Å². The molecule has 2 heterocycles. The molecule has 12 heteroatoms. The summed E-state index contributed by atoms with van der Waals surface area (Å²) < 4.78 is 47.2. The maximum atomic E-state index is 14.7. The predicted molar refractivity (Wildman–Crippen MR) is 152 cm³/mol. The molecule has 1 atom stereocenters. The molecule has 0 saturated carbocycles. The van der Waals surface area contributed by atoms with Gasteiger partial charge in [-0.2, -0.15) is 0 Å². The number of anilines is 2. The van der Waals surface area contributed by atoms with Crippen LogP contribution in [0.4, 0.5) is 15.2 Å². The third-order valence-corrected chi connectivity index (χ3v) is 9.04. The van der Waals surface area contributed by atoms with Gasteiger partial charge in [0.25, 0.3) is 10.0 Å². The van der Waals surface area contributed by atoms with Crippen molar-refractivity contribution in [1.29, 1.82) is 0 Å². The highest BCUT2D eigenvalue weighted by Gasteiger charge is 2.33. The highest BCUT2D eigenvalue weighted by molar-refractivity contribution is 7.93. The van der Waals surface area contributed by atoms with E-state index in [-0.39, 0.29) is 15.7 Å². The average molecular weight is 582 g/mol. The number of aromatic nitrogens is 1. The van der Waals surface area contributed by atoms with Crippen LogP contribution in [0.5, 0.6) is 5.75 Å². The molecule has 4 N–H and O–H groups in total. The molecule has 0 bridgehead atoms. The summed E-state index contributed by atoms with van der Waals surface area (Å²) in [5.74, 6) is -0.0172. The third-order valence-electron chi connectivity index (χ3n) is 6.56. The van der Waals surface area contributed by atoms with Crippen LogP contribution in [-0.4, -0.2) is 52.2 Å². The maximum Gasteiger partial charge on any atom is 0.266 e. The molecule has 2 aromatic carbocycles. The number of thiazole rings is 1. The van der Waals surface area contributed by atoms with Gasteiger partial charge in [-0.15, -0.1) is 11.3 Å². The van der Waals surface area contributed by atoms with E-state index < -0.39 is 20.7 Å². The first-order valence-corrected chi connectivity index (χ1v) is 15.3. The number of hydrogen-bond acceptors (Lipinski definition) is 8. The summed E-state index contributed by atoms with van der Waals surface area (Å²) in [5, 5.41) is 12.3. The number of ether oxygens (including phenoxy) is 1. The minimum atomic E-state index is -4.13. The van der Waals surface area contributed by atoms with Crippen molar-refractivity contribution in [3.8, 4) is 5.75 Å². The van der Waals surface area contributed by atoms with Gasteiger partial charge in [0.15, 0.2) is 5.13 Å². The van der Waals surface area contributed by atoms with E-state index in [9.17, 15) is 12.8 Å². The van der Waals surface area contributed by atoms with Crippen LogP contribution in [0.25, 0.3) is 0 Å². The van der Waals surface area contributed by atoms with Crippen LogP contribution in [0.2, 0.25) is 5.02 Å².